The minimum atomic E-state index is -0.392. The lowest BCUT2D eigenvalue weighted by Crippen LogP contribution is -2.31. The topological polar surface area (TPSA) is 51.0 Å². The van der Waals surface area contributed by atoms with Crippen LogP contribution in [0.1, 0.15) is 5.56 Å². The number of nitrogens with one attached hydrogen (secondary N) is 1. The first kappa shape index (κ1) is 16.8. The number of aromatic nitrogens is 2. The molecule has 0 bridgehead atoms. The summed E-state index contributed by atoms with van der Waals surface area (Å²) < 4.78 is 9.62. The zero-order valence-corrected chi connectivity index (χ0v) is 15.2. The highest BCUT2D eigenvalue weighted by atomic mass is 16.4. The van der Waals surface area contributed by atoms with Crippen molar-refractivity contribution in [3.63, 3.8) is 0 Å². The first-order valence-corrected chi connectivity index (χ1v) is 8.53. The Morgan fingerprint density at radius 2 is 2.04 bits per heavy atom. The van der Waals surface area contributed by atoms with Gasteiger partial charge in [-0.2, -0.15) is 0 Å². The maximum absolute atomic E-state index is 12.8. The Morgan fingerprint density at radius 3 is 2.78 bits per heavy atom. The van der Waals surface area contributed by atoms with Crippen molar-refractivity contribution in [1.29, 1.82) is 0 Å². The van der Waals surface area contributed by atoms with Gasteiger partial charge in [0.15, 0.2) is 16.6 Å². The summed E-state index contributed by atoms with van der Waals surface area (Å²) in [5, 5.41) is 3.66. The van der Waals surface area contributed by atoms with Crippen LogP contribution in [0.5, 0.6) is 0 Å². The molecule has 2 aromatic heterocycles. The summed E-state index contributed by atoms with van der Waals surface area (Å²) in [6, 6.07) is 15.4. The van der Waals surface area contributed by atoms with E-state index in [1.54, 1.807) is 6.07 Å². The summed E-state index contributed by atoms with van der Waals surface area (Å²) in [5.41, 5.74) is 3.86. The minimum absolute atomic E-state index is 0.392. The molecule has 0 aliphatic heterocycles. The predicted octanol–water partition coefficient (Wildman–Crippen LogP) is 3.28. The Hall–Kier alpha value is -3.60. The van der Waals surface area contributed by atoms with Gasteiger partial charge in [-0.1, -0.05) is 30.8 Å². The van der Waals surface area contributed by atoms with Gasteiger partial charge in [-0.15, -0.1) is 0 Å². The van der Waals surface area contributed by atoms with E-state index < -0.39 is 5.63 Å². The molecule has 0 amide bonds. The molecule has 0 aliphatic carbocycles. The summed E-state index contributed by atoms with van der Waals surface area (Å²) in [6.45, 7) is 9.54. The van der Waals surface area contributed by atoms with E-state index in [4.69, 9.17) is 11.0 Å². The Labute approximate surface area is 156 Å². The smallest absolute Gasteiger partial charge is 0.351 e. The summed E-state index contributed by atoms with van der Waals surface area (Å²) in [5.74, 6) is 0.787. The van der Waals surface area contributed by atoms with Gasteiger partial charge in [0, 0.05) is 16.6 Å². The summed E-state index contributed by atoms with van der Waals surface area (Å²) >= 11 is 0. The van der Waals surface area contributed by atoms with Gasteiger partial charge in [0.05, 0.1) is 14.1 Å². The average Bonchev–Trinajstić information content (AvgIpc) is 2.92. The molecule has 27 heavy (non-hydrogen) atoms. The molecule has 4 aromatic rings. The lowest BCUT2D eigenvalue weighted by Gasteiger charge is -2.06. The van der Waals surface area contributed by atoms with E-state index in [0.717, 1.165) is 27.8 Å². The minimum Gasteiger partial charge on any atom is -0.422 e. The highest BCUT2D eigenvalue weighted by Gasteiger charge is 2.25. The first-order chi connectivity index (χ1) is 13.0. The van der Waals surface area contributed by atoms with E-state index >= 15 is 0 Å². The average molecular weight is 357 g/mol. The van der Waals surface area contributed by atoms with E-state index in [1.807, 2.05) is 65.7 Å². The lowest BCUT2D eigenvalue weighted by atomic mass is 10.1. The third-order valence-electron chi connectivity index (χ3n) is 4.79. The van der Waals surface area contributed by atoms with Crippen LogP contribution in [0.3, 0.4) is 0 Å². The van der Waals surface area contributed by atoms with Crippen molar-refractivity contribution in [1.82, 2.24) is 9.88 Å². The maximum atomic E-state index is 12.8. The number of benzene rings is 2. The van der Waals surface area contributed by atoms with Gasteiger partial charge < -0.3 is 9.73 Å². The molecule has 4 rings (SSSR count). The molecule has 5 heteroatoms. The summed E-state index contributed by atoms with van der Waals surface area (Å²) in [6.07, 6.45) is 1.50. The molecule has 0 unspecified atom stereocenters. The normalized spacial score (nSPS) is 11.0. The number of aryl methyl sites for hydroxylation is 2. The molecule has 0 aliphatic rings. The Bertz CT molecular complexity index is 1240. The maximum Gasteiger partial charge on any atom is 0.351 e. The number of para-hydroxylation sites is 2. The second-order valence-electron chi connectivity index (χ2n) is 6.39. The molecule has 0 atom stereocenters. The van der Waals surface area contributed by atoms with E-state index in [1.165, 1.54) is 6.20 Å². The Kier molecular flexibility index (Phi) is 3.92. The molecule has 5 nitrogen and oxygen atoms in total. The number of hydrogen-bond acceptors (Lipinski definition) is 3. The van der Waals surface area contributed by atoms with E-state index in [9.17, 15) is 4.79 Å². The van der Waals surface area contributed by atoms with Crippen LogP contribution < -0.4 is 15.5 Å². The monoisotopic (exact) mass is 357 g/mol. The van der Waals surface area contributed by atoms with Gasteiger partial charge in [0.25, 0.3) is 5.82 Å². The molecule has 0 fully saturated rings. The molecular weight excluding hydrogens is 338 g/mol. The van der Waals surface area contributed by atoms with E-state index in [0.29, 0.717) is 16.8 Å². The molecule has 1 N–H and O–H groups in total. The van der Waals surface area contributed by atoms with Crippen molar-refractivity contribution < 1.29 is 8.98 Å². The number of nitrogens with zero attached hydrogens (tertiary/aromatic N) is 2. The quantitative estimate of drug-likeness (QED) is 0.450. The molecule has 0 spiro atoms. The summed E-state index contributed by atoms with van der Waals surface area (Å²) in [7, 11) is 3.89. The van der Waals surface area contributed by atoms with Gasteiger partial charge in [-0.25, -0.2) is 13.9 Å². The summed E-state index contributed by atoms with van der Waals surface area (Å²) in [4.78, 5) is 12.8. The fourth-order valence-corrected chi connectivity index (χ4v) is 3.47. The van der Waals surface area contributed by atoms with Crippen molar-refractivity contribution >= 4 is 27.7 Å². The number of fused-ring (bicyclic) bond motifs is 2. The van der Waals surface area contributed by atoms with Gasteiger partial charge in [0.2, 0.25) is 0 Å². The number of imidazole rings is 1. The molecule has 0 saturated heterocycles. The van der Waals surface area contributed by atoms with Gasteiger partial charge in [0.1, 0.15) is 5.58 Å². The van der Waals surface area contributed by atoms with Crippen LogP contribution in [-0.2, 0) is 14.1 Å². The van der Waals surface area contributed by atoms with Crippen LogP contribution in [0, 0.1) is 6.58 Å². The highest BCUT2D eigenvalue weighted by Crippen LogP contribution is 2.24. The SMILES string of the molecule is [CH]=C(NC=C)c1ccc2cc(-c3n(C)c4ccccc4[n+]3C)c(=O)oc2c1. The zero-order chi connectivity index (χ0) is 19.1. The molecule has 2 aromatic carbocycles. The molecule has 2 heterocycles. The molecule has 1 radical (unpaired) electrons. The van der Waals surface area contributed by atoms with Crippen molar-refractivity contribution in [3.05, 3.63) is 83.9 Å². The largest absolute Gasteiger partial charge is 0.422 e. The first-order valence-electron chi connectivity index (χ1n) is 8.53. The van der Waals surface area contributed by atoms with Crippen molar-refractivity contribution in [2.45, 2.75) is 0 Å². The van der Waals surface area contributed by atoms with Gasteiger partial charge >= 0.3 is 5.63 Å². The predicted molar refractivity (Wildman–Crippen MR) is 107 cm³/mol. The van der Waals surface area contributed by atoms with Crippen molar-refractivity contribution in [3.8, 4) is 11.4 Å². The molecule has 0 saturated carbocycles. The fourth-order valence-electron chi connectivity index (χ4n) is 3.47. The third kappa shape index (κ3) is 2.64. The van der Waals surface area contributed by atoms with Crippen molar-refractivity contribution in [2.75, 3.05) is 0 Å². The second-order valence-corrected chi connectivity index (χ2v) is 6.39. The van der Waals surface area contributed by atoms with Crippen LogP contribution in [0.4, 0.5) is 0 Å². The molecular formula is C22H19N3O2+. The second kappa shape index (κ2) is 6.29. The van der Waals surface area contributed by atoms with Gasteiger partial charge in [-0.3, -0.25) is 0 Å². The number of hydrogen-bond donors (Lipinski definition) is 1. The van der Waals surface area contributed by atoms with Crippen LogP contribution in [0.2, 0.25) is 0 Å². The third-order valence-corrected chi connectivity index (χ3v) is 4.79. The molecule has 133 valence electrons. The van der Waals surface area contributed by atoms with Gasteiger partial charge in [-0.05, 0) is 37.0 Å². The van der Waals surface area contributed by atoms with Crippen LogP contribution >= 0.6 is 0 Å². The highest BCUT2D eigenvalue weighted by molar-refractivity contribution is 5.84. The van der Waals surface area contributed by atoms with Crippen LogP contribution in [0.15, 0.2) is 70.5 Å². The zero-order valence-electron chi connectivity index (χ0n) is 15.2. The lowest BCUT2D eigenvalue weighted by molar-refractivity contribution is -0.634. The van der Waals surface area contributed by atoms with E-state index in [2.05, 4.69) is 11.9 Å². The Morgan fingerprint density at radius 1 is 1.26 bits per heavy atom. The number of rotatable bonds is 4. The fraction of sp³-hybridized carbons (Fsp3) is 0.0909. The van der Waals surface area contributed by atoms with Crippen LogP contribution in [-0.4, -0.2) is 4.57 Å². The standard InChI is InChI=1S/C22H19N3O2/c1-5-23-14(2)15-10-11-16-12-17(22(26)27-20(16)13-15)21-24(3)18-8-6-7-9-19(18)25(21)4/h2,5-13,23H,1H2,3-4H3/q+1. The van der Waals surface area contributed by atoms with Crippen molar-refractivity contribution in [2.24, 2.45) is 14.1 Å². The van der Waals surface area contributed by atoms with E-state index in [-0.39, 0.29) is 0 Å². The van der Waals surface area contributed by atoms with Crippen LogP contribution in [0.25, 0.3) is 39.1 Å². The Balaban J connectivity index is 1.93.